The Labute approximate surface area is 188 Å². The van der Waals surface area contributed by atoms with Gasteiger partial charge in [-0.2, -0.15) is 10.0 Å². The molecule has 11 heteroatoms. The van der Waals surface area contributed by atoms with Gasteiger partial charge in [-0.1, -0.05) is 25.4 Å². The van der Waals surface area contributed by atoms with Crippen molar-refractivity contribution in [2.45, 2.75) is 13.8 Å². The molecule has 31 heavy (non-hydrogen) atoms. The van der Waals surface area contributed by atoms with Crippen LogP contribution in [0.5, 0.6) is 0 Å². The SMILES string of the molecule is CC(C)CS(=O)(=O)C1=NN2C(=N)/C(=C/c3ccc(-c4ccc(Cl)cc4)o3)C(=O)N=C2S1. The fourth-order valence-electron chi connectivity index (χ4n) is 2.95. The number of carbonyl (C=O) groups is 1. The number of hydrazone groups is 1. The van der Waals surface area contributed by atoms with Crippen molar-refractivity contribution in [2.24, 2.45) is 16.0 Å². The summed E-state index contributed by atoms with van der Waals surface area (Å²) in [7, 11) is -3.63. The average Bonchev–Trinajstić information content (AvgIpc) is 3.32. The number of thioether (sulfide) groups is 1. The molecule has 0 aliphatic carbocycles. The van der Waals surface area contributed by atoms with Crippen LogP contribution < -0.4 is 0 Å². The van der Waals surface area contributed by atoms with Crippen molar-refractivity contribution in [1.82, 2.24) is 5.01 Å². The van der Waals surface area contributed by atoms with Gasteiger partial charge in [-0.05, 0) is 60.2 Å². The van der Waals surface area contributed by atoms with Crippen LogP contribution in [0.1, 0.15) is 19.6 Å². The topological polar surface area (TPSA) is 116 Å². The predicted molar refractivity (Wildman–Crippen MR) is 123 cm³/mol. The first-order chi connectivity index (χ1) is 14.6. The molecule has 0 bridgehead atoms. The van der Waals surface area contributed by atoms with Crippen molar-refractivity contribution in [1.29, 1.82) is 5.41 Å². The summed E-state index contributed by atoms with van der Waals surface area (Å²) < 4.78 is 30.6. The lowest BCUT2D eigenvalue weighted by atomic mass is 10.1. The molecule has 0 radical (unpaired) electrons. The van der Waals surface area contributed by atoms with Gasteiger partial charge in [-0.25, -0.2) is 8.42 Å². The van der Waals surface area contributed by atoms with Crippen LogP contribution in [-0.2, 0) is 14.6 Å². The van der Waals surface area contributed by atoms with Crippen molar-refractivity contribution in [3.63, 3.8) is 0 Å². The second-order valence-corrected chi connectivity index (χ2v) is 10.9. The monoisotopic (exact) mass is 476 g/mol. The minimum absolute atomic E-state index is 0.0485. The van der Waals surface area contributed by atoms with Crippen LogP contribution in [-0.4, -0.2) is 40.5 Å². The number of aliphatic imine (C=N–C) groups is 1. The number of benzene rings is 1. The molecule has 1 N–H and O–H groups in total. The van der Waals surface area contributed by atoms with E-state index in [0.717, 1.165) is 22.3 Å². The molecule has 1 amide bonds. The molecule has 0 saturated heterocycles. The number of halogens is 1. The molecule has 2 aliphatic heterocycles. The van der Waals surface area contributed by atoms with Crippen LogP contribution in [0.3, 0.4) is 0 Å². The van der Waals surface area contributed by atoms with Crippen LogP contribution in [0.25, 0.3) is 17.4 Å². The molecule has 0 spiro atoms. The fraction of sp³-hybridized carbons (Fsp3) is 0.200. The molecule has 0 fully saturated rings. The summed E-state index contributed by atoms with van der Waals surface area (Å²) in [6.45, 7) is 3.58. The first kappa shape index (κ1) is 21.5. The fourth-order valence-corrected chi connectivity index (χ4v) is 5.87. The Balaban J connectivity index is 1.62. The molecule has 0 atom stereocenters. The van der Waals surface area contributed by atoms with E-state index in [1.807, 2.05) is 0 Å². The van der Waals surface area contributed by atoms with Crippen molar-refractivity contribution in [2.75, 3.05) is 5.75 Å². The van der Waals surface area contributed by atoms with Gasteiger partial charge in [0, 0.05) is 10.6 Å². The van der Waals surface area contributed by atoms with Gasteiger partial charge in [-0.3, -0.25) is 10.2 Å². The molecule has 160 valence electrons. The smallest absolute Gasteiger partial charge is 0.283 e. The maximum Gasteiger partial charge on any atom is 0.283 e. The van der Waals surface area contributed by atoms with Gasteiger partial charge < -0.3 is 4.42 Å². The molecule has 0 saturated carbocycles. The molecule has 0 unspecified atom stereocenters. The molecule has 1 aromatic carbocycles. The van der Waals surface area contributed by atoms with Gasteiger partial charge in [0.1, 0.15) is 11.5 Å². The zero-order valence-corrected chi connectivity index (χ0v) is 18.9. The Bertz CT molecular complexity index is 1270. The van der Waals surface area contributed by atoms with Gasteiger partial charge in [-0.15, -0.1) is 5.10 Å². The predicted octanol–water partition coefficient (Wildman–Crippen LogP) is 4.25. The molecule has 8 nitrogen and oxygen atoms in total. The summed E-state index contributed by atoms with van der Waals surface area (Å²) in [6, 6.07) is 10.5. The van der Waals surface area contributed by atoms with E-state index in [1.54, 1.807) is 50.2 Å². The van der Waals surface area contributed by atoms with E-state index in [-0.39, 0.29) is 32.6 Å². The zero-order chi connectivity index (χ0) is 22.3. The number of hydrogen-bond acceptors (Lipinski definition) is 7. The van der Waals surface area contributed by atoms with Gasteiger partial charge in [0.2, 0.25) is 19.4 Å². The first-order valence-corrected chi connectivity index (χ1v) is 12.1. The Kier molecular flexibility index (Phi) is 5.63. The van der Waals surface area contributed by atoms with E-state index in [0.29, 0.717) is 16.5 Å². The van der Waals surface area contributed by atoms with E-state index in [2.05, 4.69) is 10.1 Å². The van der Waals surface area contributed by atoms with Crippen LogP contribution in [0, 0.1) is 11.3 Å². The second-order valence-electron chi connectivity index (χ2n) is 7.27. The number of furan rings is 1. The van der Waals surface area contributed by atoms with E-state index in [1.165, 1.54) is 6.08 Å². The van der Waals surface area contributed by atoms with Crippen LogP contribution >= 0.6 is 23.4 Å². The number of carbonyl (C=O) groups excluding carboxylic acids is 1. The molecular formula is C20H17ClN4O4S2. The lowest BCUT2D eigenvalue weighted by Crippen LogP contribution is -2.35. The highest BCUT2D eigenvalue weighted by Gasteiger charge is 2.39. The lowest BCUT2D eigenvalue weighted by molar-refractivity contribution is -0.114. The largest absolute Gasteiger partial charge is 0.457 e. The minimum atomic E-state index is -3.63. The lowest BCUT2D eigenvalue weighted by Gasteiger charge is -2.19. The van der Waals surface area contributed by atoms with E-state index >= 15 is 0 Å². The first-order valence-electron chi connectivity index (χ1n) is 9.23. The number of amides is 1. The van der Waals surface area contributed by atoms with Gasteiger partial charge in [0.25, 0.3) is 5.91 Å². The third kappa shape index (κ3) is 4.36. The van der Waals surface area contributed by atoms with Crippen molar-refractivity contribution in [3.8, 4) is 11.3 Å². The summed E-state index contributed by atoms with van der Waals surface area (Å²) >= 11 is 6.68. The summed E-state index contributed by atoms with van der Waals surface area (Å²) in [5, 5.41) is 14.1. The third-order valence-corrected chi connectivity index (χ3v) is 7.98. The zero-order valence-electron chi connectivity index (χ0n) is 16.5. The summed E-state index contributed by atoms with van der Waals surface area (Å²) in [4.78, 5) is 16.4. The van der Waals surface area contributed by atoms with Crippen LogP contribution in [0.4, 0.5) is 0 Å². The van der Waals surface area contributed by atoms with Crippen molar-refractivity contribution in [3.05, 3.63) is 52.8 Å². The number of nitrogens with zero attached hydrogens (tertiary/aromatic N) is 3. The highest BCUT2D eigenvalue weighted by atomic mass is 35.5. The molecule has 2 aliphatic rings. The van der Waals surface area contributed by atoms with E-state index in [4.69, 9.17) is 21.4 Å². The summed E-state index contributed by atoms with van der Waals surface area (Å²) in [6.07, 6.45) is 1.39. The van der Waals surface area contributed by atoms with Gasteiger partial charge >= 0.3 is 0 Å². The molecule has 4 rings (SSSR count). The standard InChI is InChI=1S/C20H17ClN4O4S2/c1-11(2)10-31(27,28)20-24-25-17(22)15(18(26)23-19(25)30-20)9-14-7-8-16(29-14)12-3-5-13(21)6-4-12/h3-9,11,22H,10H2,1-2H3/b15-9-,22-17?. The molecule has 1 aromatic heterocycles. The van der Waals surface area contributed by atoms with Crippen LogP contribution in [0.15, 0.2) is 56.5 Å². The Morgan fingerprint density at radius 1 is 1.23 bits per heavy atom. The van der Waals surface area contributed by atoms with Crippen LogP contribution in [0.2, 0.25) is 5.02 Å². The quantitative estimate of drug-likeness (QED) is 0.659. The summed E-state index contributed by atoms with van der Waals surface area (Å²) in [5.41, 5.74) is 0.757. The number of hydrogen-bond donors (Lipinski definition) is 1. The third-order valence-electron chi connectivity index (χ3n) is 4.30. The Morgan fingerprint density at radius 2 is 1.94 bits per heavy atom. The Morgan fingerprint density at radius 3 is 2.61 bits per heavy atom. The molecule has 2 aromatic rings. The number of rotatable bonds is 4. The second kappa shape index (κ2) is 8.10. The van der Waals surface area contributed by atoms with Crippen molar-refractivity contribution < 1.29 is 17.6 Å². The normalized spacial score (nSPS) is 17.9. The highest BCUT2D eigenvalue weighted by Crippen LogP contribution is 2.31. The molecular weight excluding hydrogens is 460 g/mol. The number of amidine groups is 2. The Hall–Kier alpha value is -2.69. The van der Waals surface area contributed by atoms with E-state index in [9.17, 15) is 13.2 Å². The maximum atomic E-state index is 12.5. The van der Waals surface area contributed by atoms with Gasteiger partial charge in [0.15, 0.2) is 5.84 Å². The maximum absolute atomic E-state index is 12.5. The van der Waals surface area contributed by atoms with E-state index < -0.39 is 15.7 Å². The molecule has 3 heterocycles. The average molecular weight is 477 g/mol. The summed E-state index contributed by atoms with van der Waals surface area (Å²) in [5.74, 6) is -0.172. The minimum Gasteiger partial charge on any atom is -0.457 e. The number of fused-ring (bicyclic) bond motifs is 1. The van der Waals surface area contributed by atoms with Gasteiger partial charge in [0.05, 0.1) is 11.3 Å². The number of sulfone groups is 1. The van der Waals surface area contributed by atoms with Crippen molar-refractivity contribution >= 4 is 60.6 Å². The number of nitrogens with one attached hydrogen (secondary N) is 1. The highest BCUT2D eigenvalue weighted by molar-refractivity contribution is 8.42.